The summed E-state index contributed by atoms with van der Waals surface area (Å²) in [5.74, 6) is 0.175. The number of phenols is 2. The molecule has 3 N–H and O–H groups in total. The summed E-state index contributed by atoms with van der Waals surface area (Å²) in [6, 6.07) is 25.1. The van der Waals surface area contributed by atoms with Gasteiger partial charge in [-0.1, -0.05) is 66.7 Å². The van der Waals surface area contributed by atoms with Gasteiger partial charge in [0.2, 0.25) is 0 Å². The van der Waals surface area contributed by atoms with Crippen molar-refractivity contribution in [1.29, 1.82) is 0 Å². The highest BCUT2D eigenvalue weighted by Gasteiger charge is 2.16. The third kappa shape index (κ3) is 4.15. The predicted octanol–water partition coefficient (Wildman–Crippen LogP) is 4.17. The summed E-state index contributed by atoms with van der Waals surface area (Å²) in [6.07, 6.45) is 0.756. The zero-order valence-corrected chi connectivity index (χ0v) is 13.4. The molecule has 0 aliphatic heterocycles. The molecule has 0 aromatic heterocycles. The van der Waals surface area contributed by atoms with E-state index in [4.69, 9.17) is 0 Å². The maximum Gasteiger partial charge on any atom is 0.124 e. The fourth-order valence-corrected chi connectivity index (χ4v) is 2.81. The molecule has 0 amide bonds. The lowest BCUT2D eigenvalue weighted by atomic mass is 9.97. The Balaban J connectivity index is 1.82. The van der Waals surface area contributed by atoms with Crippen molar-refractivity contribution in [2.45, 2.75) is 19.0 Å². The van der Waals surface area contributed by atoms with Crippen LogP contribution in [0.15, 0.2) is 78.9 Å². The van der Waals surface area contributed by atoms with Gasteiger partial charge in [0, 0.05) is 24.2 Å². The van der Waals surface area contributed by atoms with Gasteiger partial charge in [-0.15, -0.1) is 0 Å². The standard InChI is InChI=1S/C21H21NO2/c23-18-11-12-19(21(24)14-18)20(13-16-7-3-1-4-8-16)22-15-17-9-5-2-6-10-17/h1-12,14,20,22-24H,13,15H2/t20-/m1/s1. The van der Waals surface area contributed by atoms with E-state index in [2.05, 4.69) is 29.6 Å². The SMILES string of the molecule is Oc1ccc([C@@H](Cc2ccccc2)NCc2ccccc2)c(O)c1. The fraction of sp³-hybridized carbons (Fsp3) is 0.143. The van der Waals surface area contributed by atoms with Gasteiger partial charge in [0.05, 0.1) is 0 Å². The lowest BCUT2D eigenvalue weighted by molar-refractivity contribution is 0.430. The van der Waals surface area contributed by atoms with Crippen LogP contribution in [0.25, 0.3) is 0 Å². The van der Waals surface area contributed by atoms with E-state index in [0.717, 1.165) is 12.0 Å². The van der Waals surface area contributed by atoms with Gasteiger partial charge in [0.1, 0.15) is 11.5 Å². The Morgan fingerprint density at radius 1 is 0.750 bits per heavy atom. The molecule has 1 atom stereocenters. The largest absolute Gasteiger partial charge is 0.508 e. The first-order valence-electron chi connectivity index (χ1n) is 8.05. The average molecular weight is 319 g/mol. The minimum Gasteiger partial charge on any atom is -0.508 e. The highest BCUT2D eigenvalue weighted by molar-refractivity contribution is 5.41. The number of hydrogen-bond acceptors (Lipinski definition) is 3. The van der Waals surface area contributed by atoms with Crippen molar-refractivity contribution in [3.8, 4) is 11.5 Å². The Bertz CT molecular complexity index is 772. The van der Waals surface area contributed by atoms with Crippen molar-refractivity contribution >= 4 is 0 Å². The smallest absolute Gasteiger partial charge is 0.124 e. The highest BCUT2D eigenvalue weighted by atomic mass is 16.3. The topological polar surface area (TPSA) is 52.5 Å². The van der Waals surface area contributed by atoms with Crippen LogP contribution in [0.5, 0.6) is 11.5 Å². The molecule has 24 heavy (non-hydrogen) atoms. The first-order chi connectivity index (χ1) is 11.7. The molecule has 0 bridgehead atoms. The molecule has 0 aliphatic rings. The van der Waals surface area contributed by atoms with E-state index in [1.165, 1.54) is 17.2 Å². The number of benzene rings is 3. The van der Waals surface area contributed by atoms with Gasteiger partial charge in [0.15, 0.2) is 0 Å². The van der Waals surface area contributed by atoms with Gasteiger partial charge < -0.3 is 15.5 Å². The Morgan fingerprint density at radius 3 is 2.00 bits per heavy atom. The van der Waals surface area contributed by atoms with Gasteiger partial charge in [-0.25, -0.2) is 0 Å². The summed E-state index contributed by atoms with van der Waals surface area (Å²) < 4.78 is 0. The molecule has 0 aliphatic carbocycles. The van der Waals surface area contributed by atoms with E-state index in [9.17, 15) is 10.2 Å². The summed E-state index contributed by atoms with van der Waals surface area (Å²) in [4.78, 5) is 0. The summed E-state index contributed by atoms with van der Waals surface area (Å²) in [5.41, 5.74) is 3.16. The first kappa shape index (κ1) is 16.1. The van der Waals surface area contributed by atoms with Gasteiger partial charge in [-0.2, -0.15) is 0 Å². The number of phenolic OH excluding ortho intramolecular Hbond substituents is 2. The van der Waals surface area contributed by atoms with Crippen molar-refractivity contribution in [3.63, 3.8) is 0 Å². The lowest BCUT2D eigenvalue weighted by Gasteiger charge is -2.21. The predicted molar refractivity (Wildman–Crippen MR) is 95.9 cm³/mol. The molecule has 3 heteroatoms. The average Bonchev–Trinajstić information content (AvgIpc) is 2.61. The second-order valence-corrected chi connectivity index (χ2v) is 5.85. The zero-order chi connectivity index (χ0) is 16.8. The summed E-state index contributed by atoms with van der Waals surface area (Å²) in [6.45, 7) is 0.707. The molecule has 3 aromatic rings. The first-order valence-corrected chi connectivity index (χ1v) is 8.05. The van der Waals surface area contributed by atoms with Crippen LogP contribution in [0, 0.1) is 0 Å². The minimum atomic E-state index is -0.0480. The number of hydrogen-bond donors (Lipinski definition) is 3. The molecular formula is C21H21NO2. The van der Waals surface area contributed by atoms with Crippen LogP contribution in [0.3, 0.4) is 0 Å². The molecule has 3 rings (SSSR count). The molecule has 122 valence electrons. The molecule has 0 spiro atoms. The maximum atomic E-state index is 10.2. The number of aromatic hydroxyl groups is 2. The van der Waals surface area contributed by atoms with Crippen molar-refractivity contribution in [1.82, 2.24) is 5.32 Å². The van der Waals surface area contributed by atoms with E-state index in [0.29, 0.717) is 6.54 Å². The van der Waals surface area contributed by atoms with E-state index in [1.54, 1.807) is 12.1 Å². The number of nitrogens with one attached hydrogen (secondary N) is 1. The van der Waals surface area contributed by atoms with Crippen molar-refractivity contribution in [2.24, 2.45) is 0 Å². The molecule has 0 fully saturated rings. The highest BCUT2D eigenvalue weighted by Crippen LogP contribution is 2.30. The van der Waals surface area contributed by atoms with Crippen LogP contribution >= 0.6 is 0 Å². The monoisotopic (exact) mass is 319 g/mol. The van der Waals surface area contributed by atoms with Crippen LogP contribution in [0.4, 0.5) is 0 Å². The summed E-state index contributed by atoms with van der Waals surface area (Å²) >= 11 is 0. The zero-order valence-electron chi connectivity index (χ0n) is 13.4. The number of rotatable bonds is 6. The third-order valence-corrected chi connectivity index (χ3v) is 4.07. The normalized spacial score (nSPS) is 12.0. The summed E-state index contributed by atoms with van der Waals surface area (Å²) in [5, 5.41) is 23.3. The van der Waals surface area contributed by atoms with Crippen LogP contribution < -0.4 is 5.32 Å². The lowest BCUT2D eigenvalue weighted by Crippen LogP contribution is -2.23. The van der Waals surface area contributed by atoms with Gasteiger partial charge in [-0.05, 0) is 23.6 Å². The fourth-order valence-electron chi connectivity index (χ4n) is 2.81. The van der Waals surface area contributed by atoms with Crippen LogP contribution in [-0.4, -0.2) is 10.2 Å². The molecule has 3 nitrogen and oxygen atoms in total. The Kier molecular flexibility index (Phi) is 5.14. The van der Waals surface area contributed by atoms with Crippen LogP contribution in [0.2, 0.25) is 0 Å². The van der Waals surface area contributed by atoms with E-state index >= 15 is 0 Å². The second kappa shape index (κ2) is 7.66. The summed E-state index contributed by atoms with van der Waals surface area (Å²) in [7, 11) is 0. The van der Waals surface area contributed by atoms with Crippen LogP contribution in [-0.2, 0) is 13.0 Å². The van der Waals surface area contributed by atoms with Gasteiger partial charge in [0.25, 0.3) is 0 Å². The molecule has 3 aromatic carbocycles. The quantitative estimate of drug-likeness (QED) is 0.639. The molecular weight excluding hydrogens is 298 g/mol. The Hall–Kier alpha value is -2.78. The van der Waals surface area contributed by atoms with E-state index in [-0.39, 0.29) is 17.5 Å². The molecule has 0 heterocycles. The van der Waals surface area contributed by atoms with Crippen molar-refractivity contribution < 1.29 is 10.2 Å². The molecule has 0 saturated carbocycles. The molecule has 0 unspecified atom stereocenters. The van der Waals surface area contributed by atoms with Gasteiger partial charge >= 0.3 is 0 Å². The van der Waals surface area contributed by atoms with Crippen LogP contribution in [0.1, 0.15) is 22.7 Å². The second-order valence-electron chi connectivity index (χ2n) is 5.85. The van der Waals surface area contributed by atoms with Crippen molar-refractivity contribution in [2.75, 3.05) is 0 Å². The Labute approximate surface area is 142 Å². The third-order valence-electron chi connectivity index (χ3n) is 4.07. The Morgan fingerprint density at radius 2 is 1.38 bits per heavy atom. The molecule has 0 saturated heterocycles. The minimum absolute atomic E-state index is 0.0480. The van der Waals surface area contributed by atoms with E-state index < -0.39 is 0 Å². The molecule has 0 radical (unpaired) electrons. The van der Waals surface area contributed by atoms with Crippen molar-refractivity contribution in [3.05, 3.63) is 95.6 Å². The van der Waals surface area contributed by atoms with Gasteiger partial charge in [-0.3, -0.25) is 0 Å². The maximum absolute atomic E-state index is 10.2. The van der Waals surface area contributed by atoms with E-state index in [1.807, 2.05) is 36.4 Å².